The molecule has 2 aromatic carbocycles. The van der Waals surface area contributed by atoms with Crippen molar-refractivity contribution in [3.05, 3.63) is 65.9 Å². The summed E-state index contributed by atoms with van der Waals surface area (Å²) in [6.07, 6.45) is 3.23. The lowest BCUT2D eigenvalue weighted by molar-refractivity contribution is 0.102. The molecule has 0 spiro atoms. The van der Waals surface area contributed by atoms with Crippen LogP contribution in [0.4, 0.5) is 0 Å². The van der Waals surface area contributed by atoms with Gasteiger partial charge in [0.25, 0.3) is 0 Å². The first-order chi connectivity index (χ1) is 11.7. The van der Waals surface area contributed by atoms with Crippen LogP contribution in [0.5, 0.6) is 11.5 Å². The predicted molar refractivity (Wildman–Crippen MR) is 93.7 cm³/mol. The molecule has 0 aliphatic heterocycles. The Bertz CT molecular complexity index is 857. The third-order valence-corrected chi connectivity index (χ3v) is 3.58. The minimum absolute atomic E-state index is 0.181. The monoisotopic (exact) mass is 322 g/mol. The van der Waals surface area contributed by atoms with Gasteiger partial charge < -0.3 is 13.9 Å². The molecule has 122 valence electrons. The molecule has 0 aliphatic rings. The molecule has 3 aromatic rings. The Kier molecular flexibility index (Phi) is 4.66. The molecular formula is C20H18O4. The predicted octanol–water partition coefficient (Wildman–Crippen LogP) is 4.74. The van der Waals surface area contributed by atoms with Gasteiger partial charge in [-0.3, -0.25) is 4.79 Å². The van der Waals surface area contributed by atoms with Gasteiger partial charge in [-0.05, 0) is 42.8 Å². The van der Waals surface area contributed by atoms with E-state index in [1.807, 2.05) is 49.4 Å². The van der Waals surface area contributed by atoms with Crippen molar-refractivity contribution in [1.29, 1.82) is 0 Å². The molecule has 0 saturated carbocycles. The molecule has 4 nitrogen and oxygen atoms in total. The van der Waals surface area contributed by atoms with E-state index in [1.54, 1.807) is 19.3 Å². The molecule has 4 heteroatoms. The van der Waals surface area contributed by atoms with E-state index in [4.69, 9.17) is 13.9 Å². The summed E-state index contributed by atoms with van der Waals surface area (Å²) in [6, 6.07) is 14.8. The molecule has 0 amide bonds. The zero-order chi connectivity index (χ0) is 16.9. The van der Waals surface area contributed by atoms with Gasteiger partial charge in [0.1, 0.15) is 5.58 Å². The molecular weight excluding hydrogens is 304 g/mol. The van der Waals surface area contributed by atoms with Crippen molar-refractivity contribution < 1.29 is 18.7 Å². The van der Waals surface area contributed by atoms with Crippen LogP contribution in [0.15, 0.2) is 59.0 Å². The minimum atomic E-state index is -0.181. The molecule has 0 bridgehead atoms. The van der Waals surface area contributed by atoms with Crippen LogP contribution < -0.4 is 9.47 Å². The van der Waals surface area contributed by atoms with Crippen LogP contribution in [0, 0.1) is 0 Å². The topological polar surface area (TPSA) is 48.7 Å². The Balaban J connectivity index is 1.81. The molecule has 1 heterocycles. The number of furan rings is 1. The Hall–Kier alpha value is -3.01. The standard InChI is InChI=1S/C20H18O4/c1-3-23-20-12-14(9-11-18(20)22-2)8-10-16(21)19-13-15-6-4-5-7-17(15)24-19/h4-13H,3H2,1-2H3. The van der Waals surface area contributed by atoms with E-state index in [0.29, 0.717) is 29.4 Å². The number of ether oxygens (including phenoxy) is 2. The summed E-state index contributed by atoms with van der Waals surface area (Å²) < 4.78 is 16.4. The second kappa shape index (κ2) is 7.04. The van der Waals surface area contributed by atoms with E-state index in [0.717, 1.165) is 10.9 Å². The molecule has 0 saturated heterocycles. The summed E-state index contributed by atoms with van der Waals surface area (Å²) in [5, 5.41) is 0.914. The van der Waals surface area contributed by atoms with Crippen molar-refractivity contribution >= 4 is 22.8 Å². The third kappa shape index (κ3) is 3.33. The van der Waals surface area contributed by atoms with Gasteiger partial charge in [0.15, 0.2) is 17.3 Å². The maximum absolute atomic E-state index is 12.3. The van der Waals surface area contributed by atoms with E-state index in [9.17, 15) is 4.79 Å². The van der Waals surface area contributed by atoms with Gasteiger partial charge in [-0.2, -0.15) is 0 Å². The average molecular weight is 322 g/mol. The van der Waals surface area contributed by atoms with E-state index >= 15 is 0 Å². The SMILES string of the molecule is CCOc1cc(C=CC(=O)c2cc3ccccc3o2)ccc1OC. The maximum Gasteiger partial charge on any atom is 0.221 e. The van der Waals surface area contributed by atoms with Crippen molar-refractivity contribution in [3.8, 4) is 11.5 Å². The van der Waals surface area contributed by atoms with Crippen molar-refractivity contribution in [3.63, 3.8) is 0 Å². The van der Waals surface area contributed by atoms with Crippen LogP contribution in [-0.4, -0.2) is 19.5 Å². The zero-order valence-electron chi connectivity index (χ0n) is 13.6. The van der Waals surface area contributed by atoms with E-state index in [1.165, 1.54) is 6.08 Å². The summed E-state index contributed by atoms with van der Waals surface area (Å²) in [6.45, 7) is 2.45. The fourth-order valence-corrected chi connectivity index (χ4v) is 2.42. The fraction of sp³-hybridized carbons (Fsp3) is 0.150. The molecule has 0 fully saturated rings. The van der Waals surface area contributed by atoms with Gasteiger partial charge in [0.05, 0.1) is 13.7 Å². The maximum atomic E-state index is 12.3. The highest BCUT2D eigenvalue weighted by Crippen LogP contribution is 2.28. The van der Waals surface area contributed by atoms with Gasteiger partial charge in [-0.1, -0.05) is 30.3 Å². The lowest BCUT2D eigenvalue weighted by atomic mass is 10.1. The number of carbonyl (C=O) groups is 1. The highest BCUT2D eigenvalue weighted by Gasteiger charge is 2.09. The highest BCUT2D eigenvalue weighted by atomic mass is 16.5. The van der Waals surface area contributed by atoms with Crippen molar-refractivity contribution in [2.45, 2.75) is 6.92 Å². The van der Waals surface area contributed by atoms with Crippen LogP contribution in [0.2, 0.25) is 0 Å². The molecule has 0 atom stereocenters. The van der Waals surface area contributed by atoms with Crippen LogP contribution in [0.3, 0.4) is 0 Å². The van der Waals surface area contributed by atoms with Gasteiger partial charge >= 0.3 is 0 Å². The first-order valence-electron chi connectivity index (χ1n) is 7.73. The fourth-order valence-electron chi connectivity index (χ4n) is 2.42. The minimum Gasteiger partial charge on any atom is -0.493 e. The van der Waals surface area contributed by atoms with Gasteiger partial charge in [-0.15, -0.1) is 0 Å². The van der Waals surface area contributed by atoms with Crippen LogP contribution in [0.25, 0.3) is 17.0 Å². The average Bonchev–Trinajstić information content (AvgIpc) is 3.04. The summed E-state index contributed by atoms with van der Waals surface area (Å²) in [7, 11) is 1.60. The van der Waals surface area contributed by atoms with Gasteiger partial charge in [-0.25, -0.2) is 0 Å². The van der Waals surface area contributed by atoms with Crippen molar-refractivity contribution in [2.75, 3.05) is 13.7 Å². The normalized spacial score (nSPS) is 11.1. The number of hydrogen-bond acceptors (Lipinski definition) is 4. The number of allylic oxidation sites excluding steroid dienone is 1. The van der Waals surface area contributed by atoms with Crippen molar-refractivity contribution in [1.82, 2.24) is 0 Å². The zero-order valence-corrected chi connectivity index (χ0v) is 13.6. The van der Waals surface area contributed by atoms with Crippen LogP contribution in [-0.2, 0) is 0 Å². The largest absolute Gasteiger partial charge is 0.493 e. The number of hydrogen-bond donors (Lipinski definition) is 0. The molecule has 0 unspecified atom stereocenters. The second-order valence-corrected chi connectivity index (χ2v) is 5.19. The quantitative estimate of drug-likeness (QED) is 0.486. The first-order valence-corrected chi connectivity index (χ1v) is 7.73. The summed E-state index contributed by atoms with van der Waals surface area (Å²) in [5.41, 5.74) is 1.56. The molecule has 3 rings (SSSR count). The number of methoxy groups -OCH3 is 1. The van der Waals surface area contributed by atoms with E-state index in [-0.39, 0.29) is 5.78 Å². The van der Waals surface area contributed by atoms with Crippen molar-refractivity contribution in [2.24, 2.45) is 0 Å². The molecule has 0 aliphatic carbocycles. The molecule has 0 N–H and O–H groups in total. The molecule has 0 radical (unpaired) electrons. The van der Waals surface area contributed by atoms with E-state index in [2.05, 4.69) is 0 Å². The Labute approximate surface area is 140 Å². The summed E-state index contributed by atoms with van der Waals surface area (Å²) >= 11 is 0. The number of benzene rings is 2. The highest BCUT2D eigenvalue weighted by molar-refractivity contribution is 6.06. The van der Waals surface area contributed by atoms with Crippen LogP contribution >= 0.6 is 0 Å². The Morgan fingerprint density at radius 3 is 2.71 bits per heavy atom. The number of fused-ring (bicyclic) bond motifs is 1. The Morgan fingerprint density at radius 1 is 1.12 bits per heavy atom. The number of para-hydroxylation sites is 1. The lowest BCUT2D eigenvalue weighted by Gasteiger charge is -2.09. The van der Waals surface area contributed by atoms with Gasteiger partial charge in [0, 0.05) is 5.39 Å². The summed E-state index contributed by atoms with van der Waals surface area (Å²) in [5.74, 6) is 1.46. The number of ketones is 1. The number of carbonyl (C=O) groups excluding carboxylic acids is 1. The second-order valence-electron chi connectivity index (χ2n) is 5.19. The number of rotatable bonds is 6. The first kappa shape index (κ1) is 15.9. The molecule has 24 heavy (non-hydrogen) atoms. The molecule has 1 aromatic heterocycles. The Morgan fingerprint density at radius 2 is 1.96 bits per heavy atom. The lowest BCUT2D eigenvalue weighted by Crippen LogP contribution is -1.95. The summed E-state index contributed by atoms with van der Waals surface area (Å²) in [4.78, 5) is 12.3. The van der Waals surface area contributed by atoms with E-state index < -0.39 is 0 Å². The smallest absolute Gasteiger partial charge is 0.221 e. The van der Waals surface area contributed by atoms with Gasteiger partial charge in [0.2, 0.25) is 5.78 Å². The van der Waals surface area contributed by atoms with Crippen LogP contribution in [0.1, 0.15) is 23.0 Å². The third-order valence-electron chi connectivity index (χ3n) is 3.58.